The van der Waals surface area contributed by atoms with Gasteiger partial charge in [-0.25, -0.2) is 4.79 Å². The van der Waals surface area contributed by atoms with Gasteiger partial charge in [-0.05, 0) is 39.1 Å². The zero-order valence-corrected chi connectivity index (χ0v) is 12.0. The number of hydrogen-bond acceptors (Lipinski definition) is 3. The molecule has 0 spiro atoms. The van der Waals surface area contributed by atoms with Crippen LogP contribution in [0.5, 0.6) is 0 Å². The molecule has 0 radical (unpaired) electrons. The van der Waals surface area contributed by atoms with Gasteiger partial charge in [0.25, 0.3) is 0 Å². The van der Waals surface area contributed by atoms with Gasteiger partial charge in [0.2, 0.25) is 5.91 Å². The molecular weight excluding hydrogens is 300 g/mol. The second kappa shape index (κ2) is 5.49. The average molecular weight is 315 g/mol. The molecule has 5 nitrogen and oxygen atoms in total. The van der Waals surface area contributed by atoms with Crippen molar-refractivity contribution in [2.75, 3.05) is 12.4 Å². The Kier molecular flexibility index (Phi) is 4.48. The summed E-state index contributed by atoms with van der Waals surface area (Å²) in [6.07, 6.45) is 0. The van der Waals surface area contributed by atoms with Crippen molar-refractivity contribution in [3.8, 4) is 0 Å². The molecule has 1 aromatic carbocycles. The van der Waals surface area contributed by atoms with E-state index in [1.165, 1.54) is 6.07 Å². The molecule has 1 rings (SSSR count). The number of rotatable bonds is 4. The summed E-state index contributed by atoms with van der Waals surface area (Å²) >= 11 is 3.24. The minimum absolute atomic E-state index is 0.0541. The predicted molar refractivity (Wildman–Crippen MR) is 72.9 cm³/mol. The second-order valence-electron chi connectivity index (χ2n) is 4.32. The number of carbonyl (C=O) groups excluding carboxylic acids is 1. The number of carbonyl (C=O) groups is 2. The molecule has 1 aromatic rings. The van der Waals surface area contributed by atoms with E-state index in [2.05, 4.69) is 26.6 Å². The molecular formula is C12H15BrN2O3. The summed E-state index contributed by atoms with van der Waals surface area (Å²) in [6.45, 7) is 3.42. The lowest BCUT2D eigenvalue weighted by atomic mass is 10.0. The van der Waals surface area contributed by atoms with Crippen LogP contribution in [0.4, 0.5) is 5.69 Å². The van der Waals surface area contributed by atoms with Crippen LogP contribution in [0.25, 0.3) is 0 Å². The first kappa shape index (κ1) is 14.7. The summed E-state index contributed by atoms with van der Waals surface area (Å²) in [5.41, 5.74) is -0.457. The number of likely N-dealkylation sites (N-methyl/N-ethyl adjacent to an activating group) is 1. The summed E-state index contributed by atoms with van der Waals surface area (Å²) in [5, 5.41) is 14.5. The highest BCUT2D eigenvalue weighted by Gasteiger charge is 2.26. The number of anilines is 1. The maximum Gasteiger partial charge on any atom is 0.337 e. The van der Waals surface area contributed by atoms with Crippen molar-refractivity contribution in [3.05, 3.63) is 28.2 Å². The molecule has 98 valence electrons. The van der Waals surface area contributed by atoms with Crippen LogP contribution in [-0.4, -0.2) is 29.6 Å². The largest absolute Gasteiger partial charge is 0.478 e. The van der Waals surface area contributed by atoms with Crippen LogP contribution < -0.4 is 10.6 Å². The maximum absolute atomic E-state index is 12.0. The van der Waals surface area contributed by atoms with Gasteiger partial charge in [-0.2, -0.15) is 0 Å². The van der Waals surface area contributed by atoms with Crippen molar-refractivity contribution in [3.63, 3.8) is 0 Å². The lowest BCUT2D eigenvalue weighted by molar-refractivity contribution is -0.121. The molecule has 0 heterocycles. The zero-order valence-electron chi connectivity index (χ0n) is 10.4. The Hall–Kier alpha value is -1.40. The number of nitrogens with one attached hydrogen (secondary N) is 2. The third-order valence-electron chi connectivity index (χ3n) is 2.65. The third kappa shape index (κ3) is 3.30. The summed E-state index contributed by atoms with van der Waals surface area (Å²) in [6, 6.07) is 4.61. The zero-order chi connectivity index (χ0) is 13.9. The molecule has 0 bridgehead atoms. The number of carboxylic acid groups (broad SMARTS) is 1. The topological polar surface area (TPSA) is 78.4 Å². The summed E-state index contributed by atoms with van der Waals surface area (Å²) in [7, 11) is 1.67. The Morgan fingerprint density at radius 3 is 2.44 bits per heavy atom. The predicted octanol–water partition coefficient (Wildman–Crippen LogP) is 2.08. The van der Waals surface area contributed by atoms with Crippen LogP contribution in [0.15, 0.2) is 22.7 Å². The number of amides is 1. The first-order valence-electron chi connectivity index (χ1n) is 5.31. The molecule has 3 N–H and O–H groups in total. The van der Waals surface area contributed by atoms with Crippen molar-refractivity contribution < 1.29 is 14.7 Å². The SMILES string of the molecule is CNC(C)(C)C(=O)Nc1cc(Br)ccc1C(=O)O. The highest BCUT2D eigenvalue weighted by molar-refractivity contribution is 9.10. The Morgan fingerprint density at radius 1 is 1.33 bits per heavy atom. The molecule has 0 saturated heterocycles. The van der Waals surface area contributed by atoms with Crippen LogP contribution in [-0.2, 0) is 4.79 Å². The minimum atomic E-state index is -1.08. The molecule has 18 heavy (non-hydrogen) atoms. The monoisotopic (exact) mass is 314 g/mol. The van der Waals surface area contributed by atoms with Gasteiger partial charge in [0.05, 0.1) is 16.8 Å². The summed E-state index contributed by atoms with van der Waals surface area (Å²) < 4.78 is 0.699. The Balaban J connectivity index is 3.07. The molecule has 1 amide bonds. The van der Waals surface area contributed by atoms with Crippen LogP contribution in [0, 0.1) is 0 Å². The summed E-state index contributed by atoms with van der Waals surface area (Å²) in [4.78, 5) is 23.0. The molecule has 0 saturated carbocycles. The fourth-order valence-corrected chi connectivity index (χ4v) is 1.56. The van der Waals surface area contributed by atoms with Gasteiger partial charge < -0.3 is 15.7 Å². The lowest BCUT2D eigenvalue weighted by Gasteiger charge is -2.23. The van der Waals surface area contributed by atoms with Gasteiger partial charge in [0.15, 0.2) is 0 Å². The number of hydrogen-bond donors (Lipinski definition) is 3. The van der Waals surface area contributed by atoms with Crippen LogP contribution in [0.1, 0.15) is 24.2 Å². The normalized spacial score (nSPS) is 11.1. The van der Waals surface area contributed by atoms with Gasteiger partial charge in [0, 0.05) is 4.47 Å². The van der Waals surface area contributed by atoms with E-state index in [1.807, 2.05) is 0 Å². The van der Waals surface area contributed by atoms with Crippen molar-refractivity contribution in [1.82, 2.24) is 5.32 Å². The van der Waals surface area contributed by atoms with Crippen molar-refractivity contribution in [1.29, 1.82) is 0 Å². The Labute approximate surface area is 114 Å². The fraction of sp³-hybridized carbons (Fsp3) is 0.333. The Morgan fingerprint density at radius 2 is 1.94 bits per heavy atom. The van der Waals surface area contributed by atoms with Crippen LogP contribution in [0.2, 0.25) is 0 Å². The molecule has 0 aliphatic heterocycles. The average Bonchev–Trinajstić information content (AvgIpc) is 2.28. The second-order valence-corrected chi connectivity index (χ2v) is 5.24. The maximum atomic E-state index is 12.0. The van der Waals surface area contributed by atoms with Gasteiger partial charge in [0.1, 0.15) is 0 Å². The van der Waals surface area contributed by atoms with E-state index in [1.54, 1.807) is 33.0 Å². The lowest BCUT2D eigenvalue weighted by Crippen LogP contribution is -2.48. The van der Waals surface area contributed by atoms with Crippen molar-refractivity contribution >= 4 is 33.5 Å². The quantitative estimate of drug-likeness (QED) is 0.795. The van der Waals surface area contributed by atoms with E-state index in [-0.39, 0.29) is 17.2 Å². The van der Waals surface area contributed by atoms with Gasteiger partial charge in [-0.15, -0.1) is 0 Å². The standard InChI is InChI=1S/C12H15BrN2O3/c1-12(2,14-3)11(18)15-9-6-7(13)4-5-8(9)10(16)17/h4-6,14H,1-3H3,(H,15,18)(H,16,17). The molecule has 0 aliphatic rings. The molecule has 6 heteroatoms. The highest BCUT2D eigenvalue weighted by atomic mass is 79.9. The molecule has 0 unspecified atom stereocenters. The molecule has 0 atom stereocenters. The first-order chi connectivity index (χ1) is 8.27. The smallest absolute Gasteiger partial charge is 0.337 e. The fourth-order valence-electron chi connectivity index (χ4n) is 1.20. The van der Waals surface area contributed by atoms with Crippen LogP contribution >= 0.6 is 15.9 Å². The summed E-state index contributed by atoms with van der Waals surface area (Å²) in [5.74, 6) is -1.38. The van der Waals surface area contributed by atoms with E-state index in [0.717, 1.165) is 0 Å². The number of benzene rings is 1. The van der Waals surface area contributed by atoms with Crippen molar-refractivity contribution in [2.24, 2.45) is 0 Å². The number of halogens is 1. The van der Waals surface area contributed by atoms with E-state index >= 15 is 0 Å². The Bertz CT molecular complexity index is 486. The molecule has 0 aliphatic carbocycles. The van der Waals surface area contributed by atoms with Crippen molar-refractivity contribution in [2.45, 2.75) is 19.4 Å². The van der Waals surface area contributed by atoms with Crippen LogP contribution in [0.3, 0.4) is 0 Å². The minimum Gasteiger partial charge on any atom is -0.478 e. The highest BCUT2D eigenvalue weighted by Crippen LogP contribution is 2.22. The van der Waals surface area contributed by atoms with Gasteiger partial charge >= 0.3 is 5.97 Å². The molecule has 0 aromatic heterocycles. The number of aromatic carboxylic acids is 1. The third-order valence-corrected chi connectivity index (χ3v) is 3.15. The van der Waals surface area contributed by atoms with E-state index in [9.17, 15) is 9.59 Å². The van der Waals surface area contributed by atoms with Gasteiger partial charge in [-0.1, -0.05) is 15.9 Å². The first-order valence-corrected chi connectivity index (χ1v) is 6.10. The van der Waals surface area contributed by atoms with E-state index < -0.39 is 11.5 Å². The van der Waals surface area contributed by atoms with E-state index in [4.69, 9.17) is 5.11 Å². The van der Waals surface area contributed by atoms with Gasteiger partial charge in [-0.3, -0.25) is 4.79 Å². The number of carboxylic acids is 1. The van der Waals surface area contributed by atoms with E-state index in [0.29, 0.717) is 4.47 Å². The molecule has 0 fully saturated rings.